The number of hydrogen-bond donors (Lipinski definition) is 3. The zero-order valence-electron chi connectivity index (χ0n) is 8.98. The maximum absolute atomic E-state index is 10.7. The third-order valence-corrected chi connectivity index (χ3v) is 2.15. The van der Waals surface area contributed by atoms with Crippen molar-refractivity contribution in [3.8, 4) is 0 Å². The Morgan fingerprint density at radius 2 is 2.19 bits per heavy atom. The number of aromatic nitrogens is 3. The first-order chi connectivity index (χ1) is 7.58. The Labute approximate surface area is 91.6 Å². The standard InChI is InChI=1S/C9H12N6O/c1-5(16)13-14-7-4-3-6-8(11-7)12-9(10)15(6)2/h3-4H,1-2H3,(H,13,16)(H3,10,11,12,14). The SMILES string of the molecule is CC(=O)NNc1ccc2c(n1)nc(N)n2C. The molecule has 0 fully saturated rings. The van der Waals surface area contributed by atoms with Crippen molar-refractivity contribution in [3.63, 3.8) is 0 Å². The second kappa shape index (κ2) is 3.69. The molecule has 84 valence electrons. The largest absolute Gasteiger partial charge is 0.369 e. The number of carbonyl (C=O) groups is 1. The van der Waals surface area contributed by atoms with Crippen LogP contribution in [0.3, 0.4) is 0 Å². The number of rotatable bonds is 2. The Balaban J connectivity index is 2.33. The first-order valence-corrected chi connectivity index (χ1v) is 4.69. The van der Waals surface area contributed by atoms with Gasteiger partial charge in [-0.05, 0) is 12.1 Å². The lowest BCUT2D eigenvalue weighted by molar-refractivity contribution is -0.118. The molecular formula is C9H12N6O. The molecule has 0 atom stereocenters. The lowest BCUT2D eigenvalue weighted by atomic mass is 10.4. The van der Waals surface area contributed by atoms with Crippen LogP contribution in [0.25, 0.3) is 11.2 Å². The minimum atomic E-state index is -0.192. The van der Waals surface area contributed by atoms with E-state index in [4.69, 9.17) is 5.73 Å². The number of pyridine rings is 1. The van der Waals surface area contributed by atoms with Crippen LogP contribution in [-0.4, -0.2) is 20.4 Å². The Bertz CT molecular complexity index is 546. The van der Waals surface area contributed by atoms with Gasteiger partial charge in [0, 0.05) is 14.0 Å². The smallest absolute Gasteiger partial charge is 0.235 e. The van der Waals surface area contributed by atoms with E-state index in [1.54, 1.807) is 10.6 Å². The summed E-state index contributed by atoms with van der Waals surface area (Å²) >= 11 is 0. The molecule has 7 heteroatoms. The number of fused-ring (bicyclic) bond motifs is 1. The van der Waals surface area contributed by atoms with Crippen molar-refractivity contribution in [1.82, 2.24) is 20.0 Å². The maximum Gasteiger partial charge on any atom is 0.235 e. The number of anilines is 2. The van der Waals surface area contributed by atoms with Crippen LogP contribution in [0, 0.1) is 0 Å². The van der Waals surface area contributed by atoms with Crippen molar-refractivity contribution in [2.75, 3.05) is 11.2 Å². The normalized spacial score (nSPS) is 10.4. The monoisotopic (exact) mass is 220 g/mol. The van der Waals surface area contributed by atoms with Crippen molar-refractivity contribution >= 4 is 28.8 Å². The number of nitrogens with one attached hydrogen (secondary N) is 2. The van der Waals surface area contributed by atoms with E-state index >= 15 is 0 Å². The van der Waals surface area contributed by atoms with Crippen LogP contribution in [0.15, 0.2) is 12.1 Å². The number of hydrogen-bond acceptors (Lipinski definition) is 5. The number of carbonyl (C=O) groups excluding carboxylic acids is 1. The van der Waals surface area contributed by atoms with Crippen LogP contribution < -0.4 is 16.6 Å². The lowest BCUT2D eigenvalue weighted by Gasteiger charge is -2.04. The molecule has 2 rings (SSSR count). The minimum absolute atomic E-state index is 0.192. The number of imidazole rings is 1. The fraction of sp³-hybridized carbons (Fsp3) is 0.222. The highest BCUT2D eigenvalue weighted by atomic mass is 16.2. The van der Waals surface area contributed by atoms with Crippen molar-refractivity contribution in [1.29, 1.82) is 0 Å². The van der Waals surface area contributed by atoms with Gasteiger partial charge in [-0.1, -0.05) is 0 Å². The molecule has 4 N–H and O–H groups in total. The summed E-state index contributed by atoms with van der Waals surface area (Å²) in [4.78, 5) is 19.0. The summed E-state index contributed by atoms with van der Waals surface area (Å²) in [5.41, 5.74) is 12.1. The van der Waals surface area contributed by atoms with Gasteiger partial charge in [0.1, 0.15) is 5.82 Å². The molecule has 2 heterocycles. The molecule has 2 aromatic rings. The Hall–Kier alpha value is -2.31. The van der Waals surface area contributed by atoms with E-state index in [2.05, 4.69) is 20.8 Å². The van der Waals surface area contributed by atoms with E-state index in [-0.39, 0.29) is 5.91 Å². The number of nitrogen functional groups attached to an aromatic ring is 1. The molecule has 0 aliphatic heterocycles. The number of nitrogens with zero attached hydrogens (tertiary/aromatic N) is 3. The molecule has 16 heavy (non-hydrogen) atoms. The van der Waals surface area contributed by atoms with Crippen molar-refractivity contribution in [3.05, 3.63) is 12.1 Å². The zero-order chi connectivity index (χ0) is 11.7. The van der Waals surface area contributed by atoms with Crippen molar-refractivity contribution in [2.24, 2.45) is 7.05 Å². The summed E-state index contributed by atoms with van der Waals surface area (Å²) in [5.74, 6) is 0.724. The molecule has 0 spiro atoms. The van der Waals surface area contributed by atoms with Gasteiger partial charge < -0.3 is 10.3 Å². The molecule has 0 unspecified atom stereocenters. The average molecular weight is 220 g/mol. The summed E-state index contributed by atoms with van der Waals surface area (Å²) in [6.07, 6.45) is 0. The second-order valence-corrected chi connectivity index (χ2v) is 3.37. The highest BCUT2D eigenvalue weighted by Gasteiger charge is 2.06. The van der Waals surface area contributed by atoms with Crippen molar-refractivity contribution in [2.45, 2.75) is 6.92 Å². The van der Waals surface area contributed by atoms with Crippen LogP contribution in [0.4, 0.5) is 11.8 Å². The molecule has 0 saturated carbocycles. The van der Waals surface area contributed by atoms with Gasteiger partial charge in [-0.3, -0.25) is 15.6 Å². The van der Waals surface area contributed by atoms with E-state index in [1.165, 1.54) is 6.92 Å². The predicted octanol–water partition coefficient (Wildman–Crippen LogP) is 0.0135. The molecule has 0 aromatic carbocycles. The lowest BCUT2D eigenvalue weighted by Crippen LogP contribution is -2.26. The van der Waals surface area contributed by atoms with Crippen LogP contribution in [-0.2, 0) is 11.8 Å². The summed E-state index contributed by atoms with van der Waals surface area (Å²) in [7, 11) is 1.81. The van der Waals surface area contributed by atoms with Crippen LogP contribution >= 0.6 is 0 Å². The zero-order valence-corrected chi connectivity index (χ0v) is 8.98. The number of nitrogens with two attached hydrogens (primary N) is 1. The number of amides is 1. The molecule has 0 radical (unpaired) electrons. The molecule has 0 aliphatic carbocycles. The minimum Gasteiger partial charge on any atom is -0.369 e. The second-order valence-electron chi connectivity index (χ2n) is 3.37. The number of aryl methyl sites for hydroxylation is 1. The maximum atomic E-state index is 10.7. The van der Waals surface area contributed by atoms with Gasteiger partial charge in [0.05, 0.1) is 5.52 Å². The molecule has 0 saturated heterocycles. The molecule has 1 amide bonds. The summed E-state index contributed by atoms with van der Waals surface area (Å²) in [6, 6.07) is 3.56. The summed E-state index contributed by atoms with van der Waals surface area (Å²) < 4.78 is 1.74. The molecule has 7 nitrogen and oxygen atoms in total. The van der Waals surface area contributed by atoms with E-state index < -0.39 is 0 Å². The van der Waals surface area contributed by atoms with Gasteiger partial charge in [-0.15, -0.1) is 0 Å². The van der Waals surface area contributed by atoms with E-state index in [0.29, 0.717) is 17.4 Å². The van der Waals surface area contributed by atoms with Crippen LogP contribution in [0.1, 0.15) is 6.92 Å². The Kier molecular flexibility index (Phi) is 2.35. The topological polar surface area (TPSA) is 97.9 Å². The quantitative estimate of drug-likeness (QED) is 0.619. The van der Waals surface area contributed by atoms with Gasteiger partial charge >= 0.3 is 0 Å². The fourth-order valence-corrected chi connectivity index (χ4v) is 1.31. The van der Waals surface area contributed by atoms with Gasteiger partial charge in [0.25, 0.3) is 0 Å². The molecular weight excluding hydrogens is 208 g/mol. The Morgan fingerprint density at radius 3 is 2.88 bits per heavy atom. The van der Waals surface area contributed by atoms with E-state index in [9.17, 15) is 4.79 Å². The van der Waals surface area contributed by atoms with Crippen molar-refractivity contribution < 1.29 is 4.79 Å². The molecule has 0 bridgehead atoms. The first-order valence-electron chi connectivity index (χ1n) is 4.69. The molecule has 0 aliphatic rings. The number of hydrazine groups is 1. The first kappa shape index (κ1) is 10.2. The highest BCUT2D eigenvalue weighted by Crippen LogP contribution is 2.16. The third kappa shape index (κ3) is 1.74. The van der Waals surface area contributed by atoms with Crippen LogP contribution in [0.5, 0.6) is 0 Å². The van der Waals surface area contributed by atoms with E-state index in [1.807, 2.05) is 13.1 Å². The third-order valence-electron chi connectivity index (χ3n) is 2.15. The predicted molar refractivity (Wildman–Crippen MR) is 60.4 cm³/mol. The average Bonchev–Trinajstić information content (AvgIpc) is 2.52. The van der Waals surface area contributed by atoms with Gasteiger partial charge in [-0.2, -0.15) is 4.98 Å². The van der Waals surface area contributed by atoms with Gasteiger partial charge in [-0.25, -0.2) is 4.98 Å². The molecule has 2 aromatic heterocycles. The summed E-state index contributed by atoms with van der Waals surface area (Å²) in [6.45, 7) is 1.41. The summed E-state index contributed by atoms with van der Waals surface area (Å²) in [5, 5.41) is 0. The van der Waals surface area contributed by atoms with Crippen LogP contribution in [0.2, 0.25) is 0 Å². The fourth-order valence-electron chi connectivity index (χ4n) is 1.31. The Morgan fingerprint density at radius 1 is 1.44 bits per heavy atom. The van der Waals surface area contributed by atoms with E-state index in [0.717, 1.165) is 5.52 Å². The van der Waals surface area contributed by atoms with Gasteiger partial charge in [0.2, 0.25) is 11.9 Å². The van der Waals surface area contributed by atoms with Gasteiger partial charge in [0.15, 0.2) is 5.65 Å². The highest BCUT2D eigenvalue weighted by molar-refractivity contribution is 5.77.